The summed E-state index contributed by atoms with van der Waals surface area (Å²) in [6.45, 7) is 5.34. The van der Waals surface area contributed by atoms with Gasteiger partial charge in [0, 0.05) is 5.69 Å². The Kier molecular flexibility index (Phi) is 5.62. The largest absolute Gasteiger partial charge is 0.573 e. The van der Waals surface area contributed by atoms with Crippen molar-refractivity contribution >= 4 is 23.2 Å². The van der Waals surface area contributed by atoms with Gasteiger partial charge in [0.2, 0.25) is 5.91 Å². The molecule has 0 radical (unpaired) electrons. The summed E-state index contributed by atoms with van der Waals surface area (Å²) in [5.41, 5.74) is 1.65. The number of ether oxygens (including phenoxy) is 1. The molecule has 2 aromatic rings. The molecule has 136 valence electrons. The number of nitrogens with zero attached hydrogens (tertiary/aromatic N) is 2. The molecule has 9 heteroatoms. The zero-order valence-electron chi connectivity index (χ0n) is 13.8. The summed E-state index contributed by atoms with van der Waals surface area (Å²) in [5, 5.41) is 7.43. The highest BCUT2D eigenvalue weighted by molar-refractivity contribution is 6.31. The fourth-order valence-corrected chi connectivity index (χ4v) is 2.51. The molecule has 1 aromatic heterocycles. The molecule has 1 heterocycles. The maximum atomic E-state index is 12.5. The molecule has 1 N–H and O–H groups in total. The summed E-state index contributed by atoms with van der Waals surface area (Å²) < 4.78 is 41.8. The van der Waals surface area contributed by atoms with Gasteiger partial charge < -0.3 is 10.1 Å². The zero-order chi connectivity index (χ0) is 18.8. The second kappa shape index (κ2) is 7.35. The lowest BCUT2D eigenvalue weighted by Gasteiger charge is -2.17. The first-order valence-corrected chi connectivity index (χ1v) is 7.88. The van der Waals surface area contributed by atoms with Crippen LogP contribution < -0.4 is 10.1 Å². The number of alkyl halides is 3. The number of nitrogens with one attached hydrogen (secondary N) is 1. The number of hydrogen-bond acceptors (Lipinski definition) is 3. The summed E-state index contributed by atoms with van der Waals surface area (Å²) in [6.07, 6.45) is -4.29. The van der Waals surface area contributed by atoms with Gasteiger partial charge in [0.15, 0.2) is 0 Å². The van der Waals surface area contributed by atoms with Crippen molar-refractivity contribution in [2.24, 2.45) is 0 Å². The summed E-state index contributed by atoms with van der Waals surface area (Å²) in [4.78, 5) is 12.5. The molecule has 0 aliphatic carbocycles. The predicted octanol–water partition coefficient (Wildman–Crippen LogP) is 4.64. The molecule has 1 atom stereocenters. The molecule has 0 saturated heterocycles. The molecule has 0 spiro atoms. The SMILES string of the molecule is CCC(C(=O)Nc1ccc(OC(F)(F)F)cc1)n1nc(C)c(Cl)c1C. The fourth-order valence-electron chi connectivity index (χ4n) is 2.38. The number of carbonyl (C=O) groups excluding carboxylic acids is 1. The van der Waals surface area contributed by atoms with E-state index in [4.69, 9.17) is 11.6 Å². The van der Waals surface area contributed by atoms with Gasteiger partial charge in [-0.25, -0.2) is 0 Å². The minimum absolute atomic E-state index is 0.339. The quantitative estimate of drug-likeness (QED) is 0.828. The number of carbonyl (C=O) groups is 1. The fraction of sp³-hybridized carbons (Fsp3) is 0.375. The van der Waals surface area contributed by atoms with Gasteiger partial charge in [0.1, 0.15) is 11.8 Å². The summed E-state index contributed by atoms with van der Waals surface area (Å²) in [6, 6.07) is 4.34. The highest BCUT2D eigenvalue weighted by atomic mass is 35.5. The molecule has 0 fully saturated rings. The Morgan fingerprint density at radius 3 is 2.36 bits per heavy atom. The van der Waals surface area contributed by atoms with E-state index in [9.17, 15) is 18.0 Å². The number of amides is 1. The molecular weight excluding hydrogens is 359 g/mol. The Balaban J connectivity index is 2.13. The lowest BCUT2D eigenvalue weighted by atomic mass is 10.2. The van der Waals surface area contributed by atoms with Crippen LogP contribution in [0.3, 0.4) is 0 Å². The number of rotatable bonds is 5. The Hall–Kier alpha value is -2.22. The Morgan fingerprint density at radius 2 is 1.92 bits per heavy atom. The molecule has 25 heavy (non-hydrogen) atoms. The van der Waals surface area contributed by atoms with E-state index in [-0.39, 0.29) is 11.7 Å². The van der Waals surface area contributed by atoms with Gasteiger partial charge in [-0.1, -0.05) is 18.5 Å². The third-order valence-corrected chi connectivity index (χ3v) is 4.12. The molecule has 0 aliphatic heterocycles. The maximum absolute atomic E-state index is 12.5. The van der Waals surface area contributed by atoms with Gasteiger partial charge in [-0.05, 0) is 44.5 Å². The first kappa shape index (κ1) is 19.1. The summed E-state index contributed by atoms with van der Waals surface area (Å²) in [5.74, 6) is -0.697. The second-order valence-electron chi connectivity index (χ2n) is 5.41. The van der Waals surface area contributed by atoms with Crippen molar-refractivity contribution < 1.29 is 22.7 Å². The average molecular weight is 376 g/mol. The van der Waals surface area contributed by atoms with Crippen molar-refractivity contribution in [1.82, 2.24) is 9.78 Å². The van der Waals surface area contributed by atoms with Gasteiger partial charge in [0.25, 0.3) is 0 Å². The van der Waals surface area contributed by atoms with Crippen LogP contribution in [-0.2, 0) is 4.79 Å². The Bertz CT molecular complexity index is 757. The normalized spacial score (nSPS) is 12.8. The standard InChI is InChI=1S/C16H17ClF3N3O2/c1-4-13(23-10(3)14(17)9(2)22-23)15(24)21-11-5-7-12(8-6-11)25-16(18,19)20/h5-8,13H,4H2,1-3H3,(H,21,24). The van der Waals surface area contributed by atoms with Crippen LogP contribution in [0.15, 0.2) is 24.3 Å². The van der Waals surface area contributed by atoms with Crippen LogP contribution in [0.2, 0.25) is 5.02 Å². The van der Waals surface area contributed by atoms with Crippen LogP contribution in [0, 0.1) is 13.8 Å². The predicted molar refractivity (Wildman–Crippen MR) is 87.8 cm³/mol. The van der Waals surface area contributed by atoms with Crippen molar-refractivity contribution in [3.05, 3.63) is 40.7 Å². The van der Waals surface area contributed by atoms with E-state index in [1.807, 2.05) is 6.92 Å². The molecule has 1 unspecified atom stereocenters. The van der Waals surface area contributed by atoms with E-state index in [0.717, 1.165) is 12.1 Å². The highest BCUT2D eigenvalue weighted by Gasteiger charge is 2.31. The monoisotopic (exact) mass is 375 g/mol. The van der Waals surface area contributed by atoms with Crippen LogP contribution in [0.5, 0.6) is 5.75 Å². The first-order chi connectivity index (χ1) is 11.6. The van der Waals surface area contributed by atoms with Gasteiger partial charge in [-0.15, -0.1) is 13.2 Å². The third-order valence-electron chi connectivity index (χ3n) is 3.58. The van der Waals surface area contributed by atoms with Gasteiger partial charge in [-0.2, -0.15) is 5.10 Å². The van der Waals surface area contributed by atoms with E-state index >= 15 is 0 Å². The molecule has 5 nitrogen and oxygen atoms in total. The number of aryl methyl sites for hydroxylation is 1. The van der Waals surface area contributed by atoms with Crippen LogP contribution in [0.1, 0.15) is 30.8 Å². The van der Waals surface area contributed by atoms with Gasteiger partial charge in [0.05, 0.1) is 16.4 Å². The van der Waals surface area contributed by atoms with E-state index in [0.29, 0.717) is 28.5 Å². The summed E-state index contributed by atoms with van der Waals surface area (Å²) >= 11 is 6.11. The topological polar surface area (TPSA) is 56.1 Å². The lowest BCUT2D eigenvalue weighted by Crippen LogP contribution is -2.27. The minimum Gasteiger partial charge on any atom is -0.406 e. The molecule has 2 rings (SSSR count). The Labute approximate surface area is 147 Å². The lowest BCUT2D eigenvalue weighted by molar-refractivity contribution is -0.274. The van der Waals surface area contributed by atoms with Crippen LogP contribution in [0.25, 0.3) is 0 Å². The average Bonchev–Trinajstić information content (AvgIpc) is 2.76. The van der Waals surface area contributed by atoms with Crippen molar-refractivity contribution in [1.29, 1.82) is 0 Å². The molecule has 0 aliphatic rings. The first-order valence-electron chi connectivity index (χ1n) is 7.50. The van der Waals surface area contributed by atoms with Gasteiger partial charge >= 0.3 is 6.36 Å². The van der Waals surface area contributed by atoms with Crippen molar-refractivity contribution in [3.63, 3.8) is 0 Å². The molecule has 1 aromatic carbocycles. The van der Waals surface area contributed by atoms with E-state index in [1.165, 1.54) is 12.1 Å². The van der Waals surface area contributed by atoms with E-state index in [2.05, 4.69) is 15.2 Å². The van der Waals surface area contributed by atoms with Crippen molar-refractivity contribution in [3.8, 4) is 5.75 Å². The second-order valence-corrected chi connectivity index (χ2v) is 5.79. The molecule has 1 amide bonds. The number of hydrogen-bond donors (Lipinski definition) is 1. The van der Waals surface area contributed by atoms with Crippen molar-refractivity contribution in [2.75, 3.05) is 5.32 Å². The number of aromatic nitrogens is 2. The van der Waals surface area contributed by atoms with Crippen molar-refractivity contribution in [2.45, 2.75) is 39.6 Å². The van der Waals surface area contributed by atoms with E-state index in [1.54, 1.807) is 18.5 Å². The summed E-state index contributed by atoms with van der Waals surface area (Å²) in [7, 11) is 0. The highest BCUT2D eigenvalue weighted by Crippen LogP contribution is 2.26. The minimum atomic E-state index is -4.76. The number of benzene rings is 1. The maximum Gasteiger partial charge on any atom is 0.573 e. The third kappa shape index (κ3) is 4.66. The molecule has 0 saturated carbocycles. The van der Waals surface area contributed by atoms with Crippen LogP contribution in [0.4, 0.5) is 18.9 Å². The number of halogens is 4. The van der Waals surface area contributed by atoms with Crippen LogP contribution in [-0.4, -0.2) is 22.1 Å². The molecular formula is C16H17ClF3N3O2. The molecule has 0 bridgehead atoms. The smallest absolute Gasteiger partial charge is 0.406 e. The van der Waals surface area contributed by atoms with Gasteiger partial charge in [-0.3, -0.25) is 9.48 Å². The van der Waals surface area contributed by atoms with Crippen LogP contribution >= 0.6 is 11.6 Å². The van der Waals surface area contributed by atoms with E-state index < -0.39 is 12.4 Å². The number of anilines is 1. The zero-order valence-corrected chi connectivity index (χ0v) is 14.6. The Morgan fingerprint density at radius 1 is 1.32 bits per heavy atom.